The third-order valence-electron chi connectivity index (χ3n) is 4.46. The first-order valence-corrected chi connectivity index (χ1v) is 8.32. The molecule has 3 aromatic rings. The van der Waals surface area contributed by atoms with Crippen LogP contribution in [0.25, 0.3) is 11.1 Å². The zero-order chi connectivity index (χ0) is 16.2. The molecule has 0 N–H and O–H groups in total. The first-order valence-electron chi connectivity index (χ1n) is 8.32. The predicted octanol–water partition coefficient (Wildman–Crippen LogP) is -0.0414. The smallest absolute Gasteiger partial charge is 1.00 e. The van der Waals surface area contributed by atoms with Crippen molar-refractivity contribution in [3.05, 3.63) is 120 Å². The van der Waals surface area contributed by atoms with Gasteiger partial charge in [-0.1, -0.05) is 60.2 Å². The summed E-state index contributed by atoms with van der Waals surface area (Å²) in [5.41, 5.74) is 6.72. The molecule has 2 aliphatic rings. The van der Waals surface area contributed by atoms with Gasteiger partial charge in [0, 0.05) is 5.92 Å². The first-order chi connectivity index (χ1) is 11.9. The van der Waals surface area contributed by atoms with Crippen LogP contribution < -0.4 is 24.8 Å². The quantitative estimate of drug-likeness (QED) is 0.344. The fourth-order valence-corrected chi connectivity index (χ4v) is 3.40. The standard InChI is InChI=1S/C19H13.C5H5.2ClH.Zr/c1-2-8-14(9-3-1)19-17-12-6-4-10-15(17)16-11-5-7-13-18(16)19;1-2-4-5-3-1;;;/h1-12,19H;1-3H,4H2;2*1H;/q2*-1;;;+4/p-2. The van der Waals surface area contributed by atoms with Crippen LogP contribution in [0, 0.1) is 12.1 Å². The summed E-state index contributed by atoms with van der Waals surface area (Å²) in [4.78, 5) is 0. The Bertz CT molecular complexity index is 846. The van der Waals surface area contributed by atoms with Gasteiger partial charge >= 0.3 is 26.2 Å². The summed E-state index contributed by atoms with van der Waals surface area (Å²) in [5.74, 6) is 0.327. The molecule has 0 nitrogen and oxygen atoms in total. The number of benzene rings is 3. The summed E-state index contributed by atoms with van der Waals surface area (Å²) in [5, 5.41) is 0. The normalized spacial score (nSPS) is 14.4. The summed E-state index contributed by atoms with van der Waals surface area (Å²) in [6.07, 6.45) is 10.0. The summed E-state index contributed by atoms with van der Waals surface area (Å²) < 4.78 is 0. The Morgan fingerprint density at radius 1 is 0.778 bits per heavy atom. The van der Waals surface area contributed by atoms with E-state index in [2.05, 4.69) is 84.9 Å². The van der Waals surface area contributed by atoms with Gasteiger partial charge in [0.1, 0.15) is 0 Å². The Morgan fingerprint density at radius 3 is 2.15 bits per heavy atom. The van der Waals surface area contributed by atoms with Gasteiger partial charge in [-0.3, -0.25) is 6.08 Å². The fraction of sp³-hybridized carbons (Fsp3) is 0.0833. The number of hydrogen-bond acceptors (Lipinski definition) is 0. The molecule has 2 aliphatic carbocycles. The molecule has 0 aromatic heterocycles. The van der Waals surface area contributed by atoms with E-state index in [9.17, 15) is 0 Å². The molecule has 1 unspecified atom stereocenters. The molecular weight excluding hydrogens is 450 g/mol. The van der Waals surface area contributed by atoms with Gasteiger partial charge in [0.05, 0.1) is 0 Å². The van der Waals surface area contributed by atoms with Crippen molar-refractivity contribution < 1.29 is 51.0 Å². The average molecular weight is 469 g/mol. The second kappa shape index (κ2) is 11.4. The van der Waals surface area contributed by atoms with E-state index in [1.165, 1.54) is 27.8 Å². The SMILES string of the molecule is [C-]1=CC=CC1.[Cl-].[Cl-].[Zr+4].[c-]1cccc2c1C(c1ccccc1)c1ccccc1-2. The number of rotatable bonds is 1. The second-order valence-electron chi connectivity index (χ2n) is 5.93. The molecule has 0 amide bonds. The Hall–Kier alpha value is -1.40. The van der Waals surface area contributed by atoms with E-state index in [0.29, 0.717) is 5.92 Å². The van der Waals surface area contributed by atoms with Gasteiger partial charge in [-0.15, -0.1) is 17.5 Å². The Morgan fingerprint density at radius 2 is 1.48 bits per heavy atom. The summed E-state index contributed by atoms with van der Waals surface area (Å²) >= 11 is 0. The van der Waals surface area contributed by atoms with Crippen molar-refractivity contribution in [2.24, 2.45) is 0 Å². The molecule has 0 heterocycles. The van der Waals surface area contributed by atoms with Crippen LogP contribution in [0.1, 0.15) is 29.0 Å². The van der Waals surface area contributed by atoms with E-state index in [4.69, 9.17) is 0 Å². The molecule has 0 radical (unpaired) electrons. The van der Waals surface area contributed by atoms with Crippen LogP contribution in [-0.4, -0.2) is 0 Å². The maximum absolute atomic E-state index is 3.44. The molecule has 0 spiro atoms. The molecular formula is C24H18Cl2Zr. The van der Waals surface area contributed by atoms with Gasteiger partial charge in [0.15, 0.2) is 0 Å². The molecule has 132 valence electrons. The predicted molar refractivity (Wildman–Crippen MR) is 99.7 cm³/mol. The minimum absolute atomic E-state index is 0. The maximum atomic E-state index is 3.44. The van der Waals surface area contributed by atoms with E-state index in [0.717, 1.165) is 6.42 Å². The van der Waals surface area contributed by atoms with E-state index in [1.54, 1.807) is 0 Å². The Labute approximate surface area is 193 Å². The van der Waals surface area contributed by atoms with Crippen LogP contribution in [0.3, 0.4) is 0 Å². The van der Waals surface area contributed by atoms with Gasteiger partial charge in [-0.05, 0) is 11.1 Å². The van der Waals surface area contributed by atoms with Gasteiger partial charge in [-0.2, -0.15) is 30.3 Å². The van der Waals surface area contributed by atoms with E-state index in [-0.39, 0.29) is 51.0 Å². The van der Waals surface area contributed by atoms with Crippen molar-refractivity contribution in [1.82, 2.24) is 0 Å². The van der Waals surface area contributed by atoms with Crippen molar-refractivity contribution in [1.29, 1.82) is 0 Å². The molecule has 0 aliphatic heterocycles. The monoisotopic (exact) mass is 466 g/mol. The second-order valence-corrected chi connectivity index (χ2v) is 5.93. The van der Waals surface area contributed by atoms with Gasteiger partial charge in [0.2, 0.25) is 0 Å². The number of allylic oxidation sites excluding steroid dienone is 4. The fourth-order valence-electron chi connectivity index (χ4n) is 3.40. The molecule has 3 aromatic carbocycles. The third-order valence-corrected chi connectivity index (χ3v) is 4.46. The van der Waals surface area contributed by atoms with Crippen LogP contribution in [0.5, 0.6) is 0 Å². The number of hydrogen-bond donors (Lipinski definition) is 0. The van der Waals surface area contributed by atoms with Crippen LogP contribution in [0.4, 0.5) is 0 Å². The zero-order valence-corrected chi connectivity index (χ0v) is 18.7. The van der Waals surface area contributed by atoms with Crippen molar-refractivity contribution >= 4 is 0 Å². The van der Waals surface area contributed by atoms with Crippen molar-refractivity contribution in [3.63, 3.8) is 0 Å². The molecule has 5 rings (SSSR count). The topological polar surface area (TPSA) is 0 Å². The zero-order valence-electron chi connectivity index (χ0n) is 14.7. The largest absolute Gasteiger partial charge is 4.00 e. The average Bonchev–Trinajstić information content (AvgIpc) is 3.33. The van der Waals surface area contributed by atoms with Crippen molar-refractivity contribution in [3.8, 4) is 11.1 Å². The third kappa shape index (κ3) is 5.11. The minimum atomic E-state index is 0. The molecule has 0 bridgehead atoms. The summed E-state index contributed by atoms with van der Waals surface area (Å²) in [7, 11) is 0. The Kier molecular flexibility index (Phi) is 10.0. The van der Waals surface area contributed by atoms with Crippen LogP contribution in [0.2, 0.25) is 0 Å². The molecule has 0 saturated carbocycles. The van der Waals surface area contributed by atoms with Gasteiger partial charge < -0.3 is 24.8 Å². The molecule has 27 heavy (non-hydrogen) atoms. The van der Waals surface area contributed by atoms with Crippen LogP contribution >= 0.6 is 0 Å². The number of halogens is 2. The summed E-state index contributed by atoms with van der Waals surface area (Å²) in [6, 6.07) is 29.1. The van der Waals surface area contributed by atoms with E-state index >= 15 is 0 Å². The van der Waals surface area contributed by atoms with Crippen LogP contribution in [-0.2, 0) is 26.2 Å². The van der Waals surface area contributed by atoms with Gasteiger partial charge in [-0.25, -0.2) is 12.2 Å². The van der Waals surface area contributed by atoms with E-state index in [1.807, 2.05) is 18.2 Å². The molecule has 1 atom stereocenters. The molecule has 0 saturated heterocycles. The Balaban J connectivity index is 0.000000402. The van der Waals surface area contributed by atoms with Crippen LogP contribution in [0.15, 0.2) is 91.0 Å². The van der Waals surface area contributed by atoms with Crippen molar-refractivity contribution in [2.75, 3.05) is 0 Å². The molecule has 3 heteroatoms. The summed E-state index contributed by atoms with van der Waals surface area (Å²) in [6.45, 7) is 0. The van der Waals surface area contributed by atoms with Crippen molar-refractivity contribution in [2.45, 2.75) is 12.3 Å². The number of fused-ring (bicyclic) bond motifs is 3. The van der Waals surface area contributed by atoms with Gasteiger partial charge in [0.25, 0.3) is 0 Å². The minimum Gasteiger partial charge on any atom is -1.00 e. The maximum Gasteiger partial charge on any atom is 4.00 e. The first kappa shape index (κ1) is 23.6. The molecule has 0 fully saturated rings. The van der Waals surface area contributed by atoms with E-state index < -0.39 is 0 Å².